The Balaban J connectivity index is 1.35. The number of ether oxygens (including phenoxy) is 1. The number of methoxy groups -OCH3 is 1. The molecule has 1 amide bonds. The van der Waals surface area contributed by atoms with Crippen LogP contribution in [0.2, 0.25) is 0 Å². The van der Waals surface area contributed by atoms with Gasteiger partial charge in [-0.05, 0) is 36.4 Å². The first-order chi connectivity index (χ1) is 16.6. The normalized spacial score (nSPS) is 10.1. The molecule has 0 saturated heterocycles. The van der Waals surface area contributed by atoms with Crippen molar-refractivity contribution in [3.63, 3.8) is 0 Å². The van der Waals surface area contributed by atoms with Crippen LogP contribution in [-0.4, -0.2) is 24.0 Å². The number of nitrogens with one attached hydrogen (secondary N) is 1. The second-order valence-corrected chi connectivity index (χ2v) is 7.44. The molecule has 0 aliphatic rings. The molecule has 0 saturated carbocycles. The van der Waals surface area contributed by atoms with Gasteiger partial charge in [0.05, 0.1) is 18.9 Å². The lowest BCUT2D eigenvalue weighted by Gasteiger charge is -2.05. The number of carbonyl (C=O) groups excluding carboxylic acids is 2. The van der Waals surface area contributed by atoms with E-state index in [9.17, 15) is 9.59 Å². The fourth-order valence-electron chi connectivity index (χ4n) is 3.27. The van der Waals surface area contributed by atoms with Gasteiger partial charge in [-0.3, -0.25) is 4.79 Å². The number of hydrogen-bond acceptors (Lipinski definition) is 5. The predicted molar refractivity (Wildman–Crippen MR) is 129 cm³/mol. The first-order valence-electron chi connectivity index (χ1n) is 10.7. The third-order valence-electron chi connectivity index (χ3n) is 4.96. The summed E-state index contributed by atoms with van der Waals surface area (Å²) in [5.41, 5.74) is 3.47. The topological polar surface area (TPSA) is 81.4 Å². The Morgan fingerprint density at radius 2 is 1.68 bits per heavy atom. The number of aryl methyl sites for hydroxylation is 1. The maximum atomic E-state index is 12.4. The van der Waals surface area contributed by atoms with E-state index in [0.29, 0.717) is 34.9 Å². The van der Waals surface area contributed by atoms with Gasteiger partial charge in [0.25, 0.3) is 0 Å². The van der Waals surface area contributed by atoms with Crippen LogP contribution in [0.1, 0.15) is 33.8 Å². The Bertz CT molecular complexity index is 1360. The van der Waals surface area contributed by atoms with Crippen molar-refractivity contribution in [3.05, 3.63) is 108 Å². The predicted octanol–water partition coefficient (Wildman–Crippen LogP) is 5.10. The van der Waals surface area contributed by atoms with Crippen LogP contribution in [-0.2, 0) is 16.0 Å². The van der Waals surface area contributed by atoms with Crippen LogP contribution >= 0.6 is 0 Å². The summed E-state index contributed by atoms with van der Waals surface area (Å²) < 4.78 is 10.5. The van der Waals surface area contributed by atoms with Crippen LogP contribution < -0.4 is 5.32 Å². The summed E-state index contributed by atoms with van der Waals surface area (Å²) in [4.78, 5) is 28.4. The Morgan fingerprint density at radius 1 is 0.941 bits per heavy atom. The third-order valence-corrected chi connectivity index (χ3v) is 4.96. The molecule has 0 aliphatic heterocycles. The van der Waals surface area contributed by atoms with Crippen molar-refractivity contribution < 1.29 is 18.7 Å². The summed E-state index contributed by atoms with van der Waals surface area (Å²) in [6.45, 7) is 0. The fourth-order valence-corrected chi connectivity index (χ4v) is 3.27. The molecule has 6 heteroatoms. The second kappa shape index (κ2) is 10.8. The Labute approximate surface area is 197 Å². The van der Waals surface area contributed by atoms with Crippen molar-refractivity contribution in [2.24, 2.45) is 0 Å². The van der Waals surface area contributed by atoms with Crippen LogP contribution in [0.5, 0.6) is 0 Å². The Kier molecular flexibility index (Phi) is 7.16. The van der Waals surface area contributed by atoms with Crippen LogP contribution in [0.3, 0.4) is 0 Å². The van der Waals surface area contributed by atoms with Crippen molar-refractivity contribution >= 4 is 17.6 Å². The maximum Gasteiger partial charge on any atom is 0.337 e. The van der Waals surface area contributed by atoms with Gasteiger partial charge >= 0.3 is 5.97 Å². The van der Waals surface area contributed by atoms with Crippen LogP contribution in [0.4, 0.5) is 5.69 Å². The van der Waals surface area contributed by atoms with E-state index in [1.165, 1.54) is 7.11 Å². The first-order valence-corrected chi connectivity index (χ1v) is 10.7. The lowest BCUT2D eigenvalue weighted by molar-refractivity contribution is -0.116. The van der Waals surface area contributed by atoms with Gasteiger partial charge in [-0.1, -0.05) is 54.3 Å². The first kappa shape index (κ1) is 22.6. The molecule has 34 heavy (non-hydrogen) atoms. The minimum absolute atomic E-state index is 0.143. The fraction of sp³-hybridized carbons (Fsp3) is 0.107. The van der Waals surface area contributed by atoms with E-state index in [1.807, 2.05) is 48.5 Å². The minimum Gasteiger partial charge on any atom is -0.465 e. The van der Waals surface area contributed by atoms with Gasteiger partial charge in [0.2, 0.25) is 5.91 Å². The van der Waals surface area contributed by atoms with E-state index in [1.54, 1.807) is 36.5 Å². The molecule has 168 valence electrons. The molecule has 0 atom stereocenters. The van der Waals surface area contributed by atoms with Crippen molar-refractivity contribution in [2.75, 3.05) is 12.4 Å². The molecule has 0 radical (unpaired) electrons. The van der Waals surface area contributed by atoms with Gasteiger partial charge < -0.3 is 14.5 Å². The van der Waals surface area contributed by atoms with Crippen LogP contribution in [0.15, 0.2) is 89.5 Å². The highest BCUT2D eigenvalue weighted by molar-refractivity contribution is 5.91. The maximum absolute atomic E-state index is 12.4. The quantitative estimate of drug-likeness (QED) is 0.327. The van der Waals surface area contributed by atoms with E-state index in [0.717, 1.165) is 11.1 Å². The zero-order valence-electron chi connectivity index (χ0n) is 18.6. The van der Waals surface area contributed by atoms with E-state index in [4.69, 9.17) is 9.15 Å². The second-order valence-electron chi connectivity index (χ2n) is 7.44. The van der Waals surface area contributed by atoms with Crippen LogP contribution in [0, 0.1) is 11.8 Å². The molecule has 0 aliphatic carbocycles. The molecular weight excluding hydrogens is 428 g/mol. The van der Waals surface area contributed by atoms with Gasteiger partial charge in [-0.25, -0.2) is 9.78 Å². The van der Waals surface area contributed by atoms with E-state index >= 15 is 0 Å². The molecular formula is C28H22N2O4. The number of esters is 1. The number of carbonyl (C=O) groups is 2. The standard InChI is InChI=1S/C28H22N2O4/c1-33-28(32)23-11-5-7-20(17-23)13-14-21-8-6-12-24(18-21)30-26(31)15-16-27-29-19-25(34-27)22-9-3-2-4-10-22/h2-12,17-19H,15-16H2,1H3,(H,30,31). The molecule has 1 heterocycles. The minimum atomic E-state index is -0.408. The zero-order chi connectivity index (χ0) is 23.8. The zero-order valence-corrected chi connectivity index (χ0v) is 18.6. The largest absolute Gasteiger partial charge is 0.465 e. The van der Waals surface area contributed by atoms with E-state index in [2.05, 4.69) is 22.1 Å². The molecule has 0 fully saturated rings. The number of oxazole rings is 1. The van der Waals surface area contributed by atoms with Gasteiger partial charge in [0.1, 0.15) is 0 Å². The smallest absolute Gasteiger partial charge is 0.337 e. The molecule has 1 N–H and O–H groups in total. The number of hydrogen-bond donors (Lipinski definition) is 1. The molecule has 0 bridgehead atoms. The highest BCUT2D eigenvalue weighted by Gasteiger charge is 2.09. The van der Waals surface area contributed by atoms with Crippen molar-refractivity contribution in [3.8, 4) is 23.2 Å². The third kappa shape index (κ3) is 5.99. The average molecular weight is 450 g/mol. The summed E-state index contributed by atoms with van der Waals surface area (Å²) in [6, 6.07) is 23.9. The molecule has 6 nitrogen and oxygen atoms in total. The van der Waals surface area contributed by atoms with Gasteiger partial charge in [-0.2, -0.15) is 0 Å². The van der Waals surface area contributed by atoms with Crippen LogP contribution in [0.25, 0.3) is 11.3 Å². The Morgan fingerprint density at radius 3 is 2.44 bits per heavy atom. The molecule has 4 aromatic rings. The van der Waals surface area contributed by atoms with Gasteiger partial charge in [0.15, 0.2) is 11.7 Å². The summed E-state index contributed by atoms with van der Waals surface area (Å²) in [5, 5.41) is 2.88. The van der Waals surface area contributed by atoms with E-state index in [-0.39, 0.29) is 12.3 Å². The number of aromatic nitrogens is 1. The molecule has 1 aromatic heterocycles. The average Bonchev–Trinajstić information content (AvgIpc) is 3.36. The summed E-state index contributed by atoms with van der Waals surface area (Å²) in [5.74, 6) is 6.73. The van der Waals surface area contributed by atoms with Crippen molar-refractivity contribution in [1.82, 2.24) is 4.98 Å². The van der Waals surface area contributed by atoms with E-state index < -0.39 is 5.97 Å². The SMILES string of the molecule is COC(=O)c1cccc(C#Cc2cccc(NC(=O)CCc3ncc(-c4ccccc4)o3)c2)c1. The lowest BCUT2D eigenvalue weighted by Crippen LogP contribution is -2.12. The highest BCUT2D eigenvalue weighted by atomic mass is 16.5. The molecule has 0 spiro atoms. The number of rotatable bonds is 6. The Hall–Kier alpha value is -4.63. The monoisotopic (exact) mass is 450 g/mol. The number of benzene rings is 3. The molecule has 0 unspecified atom stereocenters. The highest BCUT2D eigenvalue weighted by Crippen LogP contribution is 2.20. The number of nitrogens with zero attached hydrogens (tertiary/aromatic N) is 1. The van der Waals surface area contributed by atoms with Crippen molar-refractivity contribution in [2.45, 2.75) is 12.8 Å². The van der Waals surface area contributed by atoms with Gasteiger partial charge in [-0.15, -0.1) is 0 Å². The number of amides is 1. The van der Waals surface area contributed by atoms with Crippen molar-refractivity contribution in [1.29, 1.82) is 0 Å². The molecule has 3 aromatic carbocycles. The summed E-state index contributed by atoms with van der Waals surface area (Å²) >= 11 is 0. The number of anilines is 1. The summed E-state index contributed by atoms with van der Waals surface area (Å²) in [7, 11) is 1.34. The van der Waals surface area contributed by atoms with Gasteiger partial charge in [0, 0.05) is 35.2 Å². The molecule has 4 rings (SSSR count). The summed E-state index contributed by atoms with van der Waals surface area (Å²) in [6.07, 6.45) is 2.31. The lowest BCUT2D eigenvalue weighted by atomic mass is 10.1.